The maximum Gasteiger partial charge on any atom is 0.258 e. The second-order valence-electron chi connectivity index (χ2n) is 7.66. The Balaban J connectivity index is 1.98. The van der Waals surface area contributed by atoms with Crippen LogP contribution in [0.3, 0.4) is 0 Å². The molecule has 3 rings (SSSR count). The van der Waals surface area contributed by atoms with Crippen LogP contribution in [0.2, 0.25) is 0 Å². The van der Waals surface area contributed by atoms with Crippen molar-refractivity contribution in [3.63, 3.8) is 0 Å². The van der Waals surface area contributed by atoms with Crippen LogP contribution in [0, 0.1) is 5.92 Å². The van der Waals surface area contributed by atoms with Gasteiger partial charge in [-0.15, -0.1) is 0 Å². The van der Waals surface area contributed by atoms with E-state index < -0.39 is 12.0 Å². The van der Waals surface area contributed by atoms with Gasteiger partial charge >= 0.3 is 0 Å². The van der Waals surface area contributed by atoms with Gasteiger partial charge in [-0.25, -0.2) is 9.98 Å². The number of aromatic nitrogens is 2. The van der Waals surface area contributed by atoms with Gasteiger partial charge < -0.3 is 25.5 Å². The zero-order valence-electron chi connectivity index (χ0n) is 17.7. The number of amides is 1. The topological polar surface area (TPSA) is 130 Å². The maximum atomic E-state index is 11.7. The zero-order chi connectivity index (χ0) is 21.8. The lowest BCUT2D eigenvalue weighted by Gasteiger charge is -2.20. The number of amidine groups is 1. The molecule has 1 aliphatic rings. The fourth-order valence-electron chi connectivity index (χ4n) is 3.19. The monoisotopic (exact) mass is 412 g/mol. The number of aliphatic imine (C=N–C) groups is 2. The Morgan fingerprint density at radius 3 is 2.73 bits per heavy atom. The van der Waals surface area contributed by atoms with Crippen molar-refractivity contribution in [2.45, 2.75) is 46.4 Å². The predicted octanol–water partition coefficient (Wildman–Crippen LogP) is 1.97. The molecule has 0 spiro atoms. The molecule has 2 heterocycles. The van der Waals surface area contributed by atoms with Crippen molar-refractivity contribution >= 4 is 18.1 Å². The zero-order valence-corrected chi connectivity index (χ0v) is 17.7. The van der Waals surface area contributed by atoms with Gasteiger partial charge in [-0.05, 0) is 31.9 Å². The van der Waals surface area contributed by atoms with Gasteiger partial charge in [-0.2, -0.15) is 0 Å². The quantitative estimate of drug-likeness (QED) is 0.553. The van der Waals surface area contributed by atoms with Gasteiger partial charge in [0.25, 0.3) is 5.91 Å². The first-order chi connectivity index (χ1) is 14.3. The highest BCUT2D eigenvalue weighted by Crippen LogP contribution is 2.35. The normalized spacial score (nSPS) is 14.9. The van der Waals surface area contributed by atoms with E-state index >= 15 is 0 Å². The molecule has 0 saturated carbocycles. The number of ether oxygens (including phenoxy) is 2. The van der Waals surface area contributed by atoms with E-state index in [1.807, 2.05) is 44.5 Å². The van der Waals surface area contributed by atoms with Crippen molar-refractivity contribution in [3.8, 4) is 22.9 Å². The van der Waals surface area contributed by atoms with Crippen molar-refractivity contribution in [1.82, 2.24) is 9.55 Å². The van der Waals surface area contributed by atoms with Crippen LogP contribution in [0.25, 0.3) is 11.4 Å². The fourth-order valence-corrected chi connectivity index (χ4v) is 3.19. The Morgan fingerprint density at radius 2 is 2.10 bits per heavy atom. The van der Waals surface area contributed by atoms with E-state index in [-0.39, 0.29) is 12.0 Å². The number of primary amides is 1. The van der Waals surface area contributed by atoms with Crippen LogP contribution < -0.4 is 20.9 Å². The Morgan fingerprint density at radius 1 is 1.33 bits per heavy atom. The van der Waals surface area contributed by atoms with E-state index in [2.05, 4.69) is 9.98 Å². The number of carbonyl (C=O) groups is 1. The van der Waals surface area contributed by atoms with Crippen molar-refractivity contribution in [2.75, 3.05) is 6.61 Å². The summed E-state index contributed by atoms with van der Waals surface area (Å²) in [6.07, 6.45) is 2.40. The second-order valence-corrected chi connectivity index (χ2v) is 7.66. The number of nitrogens with two attached hydrogens (primary N) is 2. The molecule has 30 heavy (non-hydrogen) atoms. The molecule has 1 aliphatic heterocycles. The summed E-state index contributed by atoms with van der Waals surface area (Å²) in [5.41, 5.74) is 12.4. The SMILES string of the molecule is CC(C)N=C(N=CN)c1cn2c(n1)-c1ccc(OC(C(N)=O)C(C)C)cc1OCC2. The van der Waals surface area contributed by atoms with E-state index in [0.717, 1.165) is 11.4 Å². The molecule has 1 atom stereocenters. The fraction of sp³-hybridized carbons (Fsp3) is 0.429. The van der Waals surface area contributed by atoms with E-state index in [4.69, 9.17) is 25.9 Å². The van der Waals surface area contributed by atoms with E-state index in [1.165, 1.54) is 6.34 Å². The number of carbonyl (C=O) groups excluding carboxylic acids is 1. The van der Waals surface area contributed by atoms with Crippen LogP contribution in [0.4, 0.5) is 0 Å². The van der Waals surface area contributed by atoms with Gasteiger partial charge in [0.05, 0.1) is 18.4 Å². The molecule has 9 heteroatoms. The number of hydrogen-bond acceptors (Lipinski definition) is 5. The van der Waals surface area contributed by atoms with Gasteiger partial charge in [-0.3, -0.25) is 9.79 Å². The van der Waals surface area contributed by atoms with Gasteiger partial charge in [0.1, 0.15) is 29.6 Å². The third-order valence-corrected chi connectivity index (χ3v) is 4.52. The molecule has 1 aromatic heterocycles. The summed E-state index contributed by atoms with van der Waals surface area (Å²) in [7, 11) is 0. The largest absolute Gasteiger partial charge is 0.491 e. The van der Waals surface area contributed by atoms with Gasteiger partial charge in [0, 0.05) is 18.3 Å². The molecule has 1 unspecified atom stereocenters. The highest BCUT2D eigenvalue weighted by Gasteiger charge is 2.24. The third kappa shape index (κ3) is 4.61. The minimum Gasteiger partial charge on any atom is -0.491 e. The first kappa shape index (κ1) is 21.4. The first-order valence-electron chi connectivity index (χ1n) is 9.93. The standard InChI is InChI=1S/C21H28N6O3/c1-12(2)18(19(23)28)30-14-5-6-15-17(9-14)29-8-7-27-10-16(26-21(15)27)20(24-11-22)25-13(3)4/h5-6,9-13,18H,7-8H2,1-4H3,(H2,23,28)(H2,22,24,25). The second kappa shape index (κ2) is 8.98. The minimum absolute atomic E-state index is 0.0505. The Kier molecular flexibility index (Phi) is 6.39. The van der Waals surface area contributed by atoms with Crippen LogP contribution >= 0.6 is 0 Å². The molecular weight excluding hydrogens is 384 g/mol. The molecule has 160 valence electrons. The molecule has 1 amide bonds. The molecule has 1 aromatic carbocycles. The summed E-state index contributed by atoms with van der Waals surface area (Å²) in [4.78, 5) is 25.1. The first-order valence-corrected chi connectivity index (χ1v) is 9.93. The summed E-state index contributed by atoms with van der Waals surface area (Å²) in [5.74, 6) is 1.81. The van der Waals surface area contributed by atoms with Gasteiger partial charge in [0.15, 0.2) is 11.9 Å². The number of benzene rings is 1. The molecule has 2 aromatic rings. The third-order valence-electron chi connectivity index (χ3n) is 4.52. The van der Waals surface area contributed by atoms with Crippen LogP contribution in [-0.2, 0) is 11.3 Å². The van der Waals surface area contributed by atoms with E-state index in [0.29, 0.717) is 36.2 Å². The van der Waals surface area contributed by atoms with Gasteiger partial charge in [-0.1, -0.05) is 13.8 Å². The predicted molar refractivity (Wildman–Crippen MR) is 116 cm³/mol. The highest BCUT2D eigenvalue weighted by atomic mass is 16.5. The van der Waals surface area contributed by atoms with Crippen molar-refractivity contribution in [2.24, 2.45) is 27.4 Å². The Labute approximate surface area is 175 Å². The maximum absolute atomic E-state index is 11.7. The number of hydrogen-bond donors (Lipinski definition) is 2. The Hall–Kier alpha value is -3.36. The summed E-state index contributed by atoms with van der Waals surface area (Å²) in [6, 6.07) is 5.46. The average Bonchev–Trinajstić information content (AvgIpc) is 3.01. The average molecular weight is 412 g/mol. The molecule has 0 bridgehead atoms. The number of rotatable bonds is 6. The highest BCUT2D eigenvalue weighted by molar-refractivity contribution is 6.01. The molecule has 0 radical (unpaired) electrons. The lowest BCUT2D eigenvalue weighted by molar-refractivity contribution is -0.126. The summed E-state index contributed by atoms with van der Waals surface area (Å²) in [5, 5.41) is 0. The van der Waals surface area contributed by atoms with Crippen molar-refractivity contribution in [3.05, 3.63) is 30.1 Å². The smallest absolute Gasteiger partial charge is 0.258 e. The number of nitrogens with zero attached hydrogens (tertiary/aromatic N) is 4. The summed E-state index contributed by atoms with van der Waals surface area (Å²) < 4.78 is 13.7. The molecule has 4 N–H and O–H groups in total. The van der Waals surface area contributed by atoms with Crippen LogP contribution in [0.15, 0.2) is 34.4 Å². The van der Waals surface area contributed by atoms with Gasteiger partial charge in [0.2, 0.25) is 0 Å². The number of fused-ring (bicyclic) bond motifs is 3. The molecule has 0 fully saturated rings. The van der Waals surface area contributed by atoms with Crippen LogP contribution in [0.1, 0.15) is 33.4 Å². The molecular formula is C21H28N6O3. The van der Waals surface area contributed by atoms with E-state index in [9.17, 15) is 4.79 Å². The minimum atomic E-state index is -0.716. The molecule has 9 nitrogen and oxygen atoms in total. The molecule has 0 aliphatic carbocycles. The summed E-state index contributed by atoms with van der Waals surface area (Å²) in [6.45, 7) is 8.77. The van der Waals surface area contributed by atoms with E-state index in [1.54, 1.807) is 12.1 Å². The van der Waals surface area contributed by atoms with Crippen LogP contribution in [-0.4, -0.2) is 46.4 Å². The summed E-state index contributed by atoms with van der Waals surface area (Å²) >= 11 is 0. The lowest BCUT2D eigenvalue weighted by Crippen LogP contribution is -2.37. The molecule has 0 saturated heterocycles. The Bertz CT molecular complexity index is 977. The van der Waals surface area contributed by atoms with Crippen molar-refractivity contribution in [1.29, 1.82) is 0 Å². The lowest BCUT2D eigenvalue weighted by atomic mass is 10.1. The number of imidazole rings is 1. The van der Waals surface area contributed by atoms with Crippen molar-refractivity contribution < 1.29 is 14.3 Å². The van der Waals surface area contributed by atoms with Crippen LogP contribution in [0.5, 0.6) is 11.5 Å².